The van der Waals surface area contributed by atoms with Crippen LogP contribution < -0.4 is 10.5 Å². The predicted molar refractivity (Wildman–Crippen MR) is 90.1 cm³/mol. The maximum Gasteiger partial charge on any atom is 0.271 e. The fraction of sp³-hybridized carbons (Fsp3) is 0. The van der Waals surface area contributed by atoms with E-state index in [2.05, 4.69) is 20.7 Å². The summed E-state index contributed by atoms with van der Waals surface area (Å²) in [4.78, 5) is -0.240. The highest BCUT2D eigenvalue weighted by Crippen LogP contribution is 2.35. The zero-order valence-corrected chi connectivity index (χ0v) is 14.9. The first-order chi connectivity index (χ1) is 9.72. The minimum atomic E-state index is -3.92. The first kappa shape index (κ1) is 16.6. The van der Waals surface area contributed by atoms with Gasteiger partial charge in [0.05, 0.1) is 20.1 Å². The topological polar surface area (TPSA) is 72.2 Å². The number of nitrogens with one attached hydrogen (secondary N) is 1. The van der Waals surface area contributed by atoms with E-state index in [-0.39, 0.29) is 25.5 Å². The van der Waals surface area contributed by atoms with Crippen LogP contribution in [0.15, 0.2) is 32.3 Å². The summed E-state index contributed by atoms with van der Waals surface area (Å²) < 4.78 is 41.0. The van der Waals surface area contributed by atoms with E-state index in [4.69, 9.17) is 29.6 Å². The third-order valence-electron chi connectivity index (χ3n) is 2.39. The number of rotatable bonds is 4. The van der Waals surface area contributed by atoms with Crippen molar-refractivity contribution in [2.75, 3.05) is 4.72 Å². The van der Waals surface area contributed by atoms with Gasteiger partial charge in [-0.15, -0.1) is 11.3 Å². The fourth-order valence-electron chi connectivity index (χ4n) is 1.51. The maximum absolute atomic E-state index is 13.7. The molecule has 1 aromatic carbocycles. The minimum Gasteiger partial charge on any atom is -0.389 e. The van der Waals surface area contributed by atoms with Gasteiger partial charge in [-0.05, 0) is 34.1 Å². The molecule has 2 rings (SSSR count). The third-order valence-corrected chi connectivity index (χ3v) is 6.91. The lowest BCUT2D eigenvalue weighted by atomic mass is 10.2. The summed E-state index contributed by atoms with van der Waals surface area (Å²) in [5, 5.41) is 0.272. The molecule has 0 unspecified atom stereocenters. The Morgan fingerprint density at radius 3 is 2.67 bits per heavy atom. The van der Waals surface area contributed by atoms with E-state index in [1.807, 2.05) is 0 Å². The van der Waals surface area contributed by atoms with Gasteiger partial charge < -0.3 is 5.73 Å². The summed E-state index contributed by atoms with van der Waals surface area (Å²) in [6.45, 7) is 0. The monoisotopic (exact) mass is 428 g/mol. The van der Waals surface area contributed by atoms with E-state index in [1.165, 1.54) is 18.2 Å². The molecule has 1 heterocycles. The second kappa shape index (κ2) is 6.17. The zero-order valence-electron chi connectivity index (χ0n) is 10.1. The molecule has 0 saturated carbocycles. The molecule has 0 aliphatic heterocycles. The van der Waals surface area contributed by atoms with Crippen molar-refractivity contribution < 1.29 is 12.8 Å². The number of hydrogen-bond donors (Lipinski definition) is 2. The van der Waals surface area contributed by atoms with Crippen LogP contribution in [0.1, 0.15) is 5.56 Å². The highest BCUT2D eigenvalue weighted by molar-refractivity contribution is 9.11. The molecule has 0 atom stereocenters. The van der Waals surface area contributed by atoms with Gasteiger partial charge in [0.25, 0.3) is 10.0 Å². The maximum atomic E-state index is 13.7. The van der Waals surface area contributed by atoms with Crippen LogP contribution in [0.25, 0.3) is 0 Å². The molecule has 0 aliphatic rings. The van der Waals surface area contributed by atoms with Crippen molar-refractivity contribution in [3.63, 3.8) is 0 Å². The Labute approximate surface area is 143 Å². The summed E-state index contributed by atoms with van der Waals surface area (Å²) in [5.41, 5.74) is 5.25. The molecule has 0 fully saturated rings. The van der Waals surface area contributed by atoms with E-state index < -0.39 is 15.8 Å². The number of thiophene rings is 1. The predicted octanol–water partition coefficient (Wildman–Crippen LogP) is 3.74. The Hall–Kier alpha value is -0.740. The lowest BCUT2D eigenvalue weighted by Crippen LogP contribution is -2.18. The second-order valence-electron chi connectivity index (χ2n) is 3.82. The number of nitrogens with two attached hydrogens (primary N) is 1. The molecule has 4 nitrogen and oxygen atoms in total. The van der Waals surface area contributed by atoms with Gasteiger partial charge in [0.1, 0.15) is 15.0 Å². The van der Waals surface area contributed by atoms with Crippen molar-refractivity contribution in [3.05, 3.63) is 44.5 Å². The van der Waals surface area contributed by atoms with Crippen molar-refractivity contribution in [2.45, 2.75) is 4.21 Å². The molecule has 21 heavy (non-hydrogen) atoms. The number of benzene rings is 1. The number of thiocarbonyl (C=S) groups is 1. The molecule has 1 aromatic heterocycles. The third kappa shape index (κ3) is 3.54. The molecule has 0 spiro atoms. The lowest BCUT2D eigenvalue weighted by Gasteiger charge is -2.11. The Morgan fingerprint density at radius 1 is 1.48 bits per heavy atom. The molecule has 0 radical (unpaired) electrons. The second-order valence-corrected chi connectivity index (χ2v) is 8.95. The molecule has 0 saturated heterocycles. The van der Waals surface area contributed by atoms with Crippen LogP contribution in [0.4, 0.5) is 10.1 Å². The van der Waals surface area contributed by atoms with E-state index in [0.717, 1.165) is 17.4 Å². The smallest absolute Gasteiger partial charge is 0.271 e. The SMILES string of the molecule is NC(=S)c1c(F)cccc1NS(=O)(=O)c1cc(Cl)c(Br)s1. The standard InChI is InChI=1S/C11H7BrClFN2O2S3/c12-10-5(13)4-8(20-10)21(17,18)16-7-3-1-2-6(14)9(7)11(15)19/h1-4,16H,(H2,15,19). The molecular formula is C11H7BrClFN2O2S3. The summed E-state index contributed by atoms with van der Waals surface area (Å²) in [6.07, 6.45) is 0. The quantitative estimate of drug-likeness (QED) is 0.726. The largest absolute Gasteiger partial charge is 0.389 e. The van der Waals surface area contributed by atoms with E-state index in [0.29, 0.717) is 3.79 Å². The number of sulfonamides is 1. The summed E-state index contributed by atoms with van der Waals surface area (Å²) in [6, 6.07) is 5.16. The molecular weight excluding hydrogens is 423 g/mol. The molecule has 3 N–H and O–H groups in total. The molecule has 0 aliphatic carbocycles. The summed E-state index contributed by atoms with van der Waals surface area (Å²) >= 11 is 14.6. The van der Waals surface area contributed by atoms with Gasteiger partial charge in [0, 0.05) is 0 Å². The van der Waals surface area contributed by atoms with Gasteiger partial charge in [0.15, 0.2) is 0 Å². The van der Waals surface area contributed by atoms with Gasteiger partial charge in [-0.1, -0.05) is 29.9 Å². The van der Waals surface area contributed by atoms with Crippen molar-refractivity contribution in [3.8, 4) is 0 Å². The average molecular weight is 430 g/mol. The van der Waals surface area contributed by atoms with Crippen LogP contribution in [-0.2, 0) is 10.0 Å². The number of anilines is 1. The minimum absolute atomic E-state index is 0.0162. The molecule has 0 amide bonds. The van der Waals surface area contributed by atoms with Crippen LogP contribution in [0.2, 0.25) is 5.02 Å². The van der Waals surface area contributed by atoms with Gasteiger partial charge in [0.2, 0.25) is 0 Å². The number of hydrogen-bond acceptors (Lipinski definition) is 4. The number of halogens is 3. The first-order valence-electron chi connectivity index (χ1n) is 5.28. The van der Waals surface area contributed by atoms with Crippen LogP contribution in [0.5, 0.6) is 0 Å². The molecule has 2 aromatic rings. The van der Waals surface area contributed by atoms with Crippen LogP contribution >= 0.6 is 51.1 Å². The van der Waals surface area contributed by atoms with Crippen LogP contribution in [-0.4, -0.2) is 13.4 Å². The molecule has 112 valence electrons. The van der Waals surface area contributed by atoms with Gasteiger partial charge in [-0.25, -0.2) is 12.8 Å². The zero-order chi connectivity index (χ0) is 15.8. The van der Waals surface area contributed by atoms with Crippen LogP contribution in [0, 0.1) is 5.82 Å². The lowest BCUT2D eigenvalue weighted by molar-refractivity contribution is 0.603. The fourth-order valence-corrected chi connectivity index (χ4v) is 5.19. The van der Waals surface area contributed by atoms with E-state index in [9.17, 15) is 12.8 Å². The van der Waals surface area contributed by atoms with Crippen molar-refractivity contribution in [2.24, 2.45) is 5.73 Å². The van der Waals surface area contributed by atoms with Gasteiger partial charge in [-0.3, -0.25) is 4.72 Å². The average Bonchev–Trinajstić information content (AvgIpc) is 2.69. The summed E-state index contributed by atoms with van der Waals surface area (Å²) in [7, 11) is -3.92. The Morgan fingerprint density at radius 2 is 2.14 bits per heavy atom. The van der Waals surface area contributed by atoms with Crippen molar-refractivity contribution in [1.82, 2.24) is 0 Å². The Bertz CT molecular complexity index is 803. The van der Waals surface area contributed by atoms with E-state index >= 15 is 0 Å². The normalized spacial score (nSPS) is 11.4. The summed E-state index contributed by atoms with van der Waals surface area (Å²) in [5.74, 6) is -0.701. The van der Waals surface area contributed by atoms with Crippen LogP contribution in [0.3, 0.4) is 0 Å². The first-order valence-corrected chi connectivity index (χ1v) is 9.16. The van der Waals surface area contributed by atoms with Gasteiger partial charge >= 0.3 is 0 Å². The Balaban J connectivity index is 2.47. The van der Waals surface area contributed by atoms with Gasteiger partial charge in [-0.2, -0.15) is 0 Å². The molecule has 0 bridgehead atoms. The Kier molecular flexibility index (Phi) is 4.89. The van der Waals surface area contributed by atoms with E-state index in [1.54, 1.807) is 0 Å². The van der Waals surface area contributed by atoms with Crippen molar-refractivity contribution >= 4 is 71.8 Å². The highest BCUT2D eigenvalue weighted by atomic mass is 79.9. The highest BCUT2D eigenvalue weighted by Gasteiger charge is 2.22. The molecule has 10 heteroatoms. The van der Waals surface area contributed by atoms with Crippen molar-refractivity contribution in [1.29, 1.82) is 0 Å².